The van der Waals surface area contributed by atoms with Gasteiger partial charge in [-0.25, -0.2) is 0 Å². The largest absolute Gasteiger partial charge is 0.356 e. The van der Waals surface area contributed by atoms with Crippen LogP contribution in [0.5, 0.6) is 0 Å². The van der Waals surface area contributed by atoms with E-state index in [0.717, 1.165) is 25.6 Å². The van der Waals surface area contributed by atoms with E-state index in [9.17, 15) is 0 Å². The average Bonchev–Trinajstić information content (AvgIpc) is 2.80. The van der Waals surface area contributed by atoms with Crippen LogP contribution in [0.2, 0.25) is 0 Å². The fourth-order valence-corrected chi connectivity index (χ4v) is 1.98. The number of unbranched alkanes of at least 4 members (excludes halogenated alkanes) is 7. The van der Waals surface area contributed by atoms with E-state index >= 15 is 0 Å². The molecule has 0 saturated heterocycles. The second-order valence-electron chi connectivity index (χ2n) is 4.56. The minimum Gasteiger partial charge on any atom is -0.356 e. The Kier molecular flexibility index (Phi) is 7.91. The lowest BCUT2D eigenvalue weighted by molar-refractivity contribution is 0.572. The topological polar surface area (TPSA) is 36.4 Å². The van der Waals surface area contributed by atoms with Crippen LogP contribution >= 0.6 is 0 Å². The Hall–Kier alpha value is -0.730. The molecule has 0 unspecified atom stereocenters. The van der Waals surface area contributed by atoms with Gasteiger partial charge in [-0.15, -0.1) is 0 Å². The fraction of sp³-hybridized carbons (Fsp3) is 0.923. The highest BCUT2D eigenvalue weighted by Gasteiger charge is 2.01. The lowest BCUT2D eigenvalue weighted by Crippen LogP contribution is -2.34. The monoisotopic (exact) mass is 225 g/mol. The summed E-state index contributed by atoms with van der Waals surface area (Å²) in [7, 11) is 0. The molecule has 0 spiro atoms. The van der Waals surface area contributed by atoms with E-state index < -0.39 is 0 Å². The van der Waals surface area contributed by atoms with E-state index in [0.29, 0.717) is 0 Å². The average molecular weight is 225 g/mol. The van der Waals surface area contributed by atoms with Crippen molar-refractivity contribution < 1.29 is 0 Å². The van der Waals surface area contributed by atoms with Gasteiger partial charge in [0.2, 0.25) is 0 Å². The van der Waals surface area contributed by atoms with Crippen LogP contribution in [-0.4, -0.2) is 25.6 Å². The standard InChI is InChI=1S/C13H27N3/c1-2-3-4-5-6-7-8-9-10-14-13-15-11-12-16-13/h2-12H2,1H3,(H2,14,15,16). The van der Waals surface area contributed by atoms with Crippen molar-refractivity contribution in [3.05, 3.63) is 0 Å². The summed E-state index contributed by atoms with van der Waals surface area (Å²) >= 11 is 0. The molecule has 0 aromatic carbocycles. The summed E-state index contributed by atoms with van der Waals surface area (Å²) in [5.74, 6) is 1.00. The van der Waals surface area contributed by atoms with Gasteiger partial charge in [-0.3, -0.25) is 4.99 Å². The molecule has 0 radical (unpaired) electrons. The van der Waals surface area contributed by atoms with Crippen LogP contribution in [0.3, 0.4) is 0 Å². The van der Waals surface area contributed by atoms with Gasteiger partial charge < -0.3 is 10.6 Å². The van der Waals surface area contributed by atoms with Crippen molar-refractivity contribution >= 4 is 5.96 Å². The number of guanidine groups is 1. The summed E-state index contributed by atoms with van der Waals surface area (Å²) in [5, 5.41) is 6.55. The van der Waals surface area contributed by atoms with Crippen LogP contribution in [0.25, 0.3) is 0 Å². The maximum Gasteiger partial charge on any atom is 0.191 e. The van der Waals surface area contributed by atoms with Crippen molar-refractivity contribution in [1.29, 1.82) is 0 Å². The Balaban J connectivity index is 1.74. The van der Waals surface area contributed by atoms with E-state index in [2.05, 4.69) is 22.5 Å². The van der Waals surface area contributed by atoms with Crippen molar-refractivity contribution in [2.45, 2.75) is 58.3 Å². The minimum atomic E-state index is 0.930. The second kappa shape index (κ2) is 9.49. The first-order chi connectivity index (χ1) is 7.93. The molecular formula is C13H27N3. The van der Waals surface area contributed by atoms with Gasteiger partial charge in [0.25, 0.3) is 0 Å². The molecule has 94 valence electrons. The van der Waals surface area contributed by atoms with Crippen LogP contribution in [-0.2, 0) is 0 Å². The number of rotatable bonds is 9. The predicted molar refractivity (Wildman–Crippen MR) is 70.9 cm³/mol. The summed E-state index contributed by atoms with van der Waals surface area (Å²) in [6, 6.07) is 0. The number of hydrogen-bond acceptors (Lipinski definition) is 3. The summed E-state index contributed by atoms with van der Waals surface area (Å²) < 4.78 is 0. The zero-order valence-electron chi connectivity index (χ0n) is 10.7. The van der Waals surface area contributed by atoms with E-state index in [-0.39, 0.29) is 0 Å². The van der Waals surface area contributed by atoms with Crippen molar-refractivity contribution in [3.8, 4) is 0 Å². The van der Waals surface area contributed by atoms with Crippen molar-refractivity contribution in [1.82, 2.24) is 10.6 Å². The Morgan fingerprint density at radius 2 is 1.75 bits per heavy atom. The quantitative estimate of drug-likeness (QED) is 0.592. The molecule has 0 aliphatic carbocycles. The first-order valence-corrected chi connectivity index (χ1v) is 6.95. The summed E-state index contributed by atoms with van der Waals surface area (Å²) in [5.41, 5.74) is 0. The molecule has 0 atom stereocenters. The predicted octanol–water partition coefficient (Wildman–Crippen LogP) is 2.68. The van der Waals surface area contributed by atoms with E-state index in [1.807, 2.05) is 0 Å². The van der Waals surface area contributed by atoms with Gasteiger partial charge in [-0.05, 0) is 6.42 Å². The summed E-state index contributed by atoms with van der Waals surface area (Å²) in [6.45, 7) is 5.27. The van der Waals surface area contributed by atoms with E-state index in [1.165, 1.54) is 51.4 Å². The molecule has 0 amide bonds. The normalized spacial score (nSPS) is 14.7. The van der Waals surface area contributed by atoms with E-state index in [1.54, 1.807) is 0 Å². The molecule has 1 rings (SSSR count). The number of nitrogens with zero attached hydrogens (tertiary/aromatic N) is 1. The molecule has 1 heterocycles. The Morgan fingerprint density at radius 1 is 1.06 bits per heavy atom. The first-order valence-electron chi connectivity index (χ1n) is 6.95. The van der Waals surface area contributed by atoms with Crippen LogP contribution in [0, 0.1) is 0 Å². The third-order valence-electron chi connectivity index (χ3n) is 3.00. The Bertz CT molecular complexity index is 190. The van der Waals surface area contributed by atoms with E-state index in [4.69, 9.17) is 0 Å². The van der Waals surface area contributed by atoms with Crippen molar-refractivity contribution in [2.24, 2.45) is 4.99 Å². The molecule has 1 aliphatic rings. The van der Waals surface area contributed by atoms with Gasteiger partial charge in [0.1, 0.15) is 0 Å². The summed E-state index contributed by atoms with van der Waals surface area (Å²) in [4.78, 5) is 4.30. The van der Waals surface area contributed by atoms with Crippen molar-refractivity contribution in [2.75, 3.05) is 19.6 Å². The first kappa shape index (κ1) is 13.3. The van der Waals surface area contributed by atoms with Gasteiger partial charge in [0.05, 0.1) is 6.54 Å². The minimum absolute atomic E-state index is 0.930. The zero-order valence-corrected chi connectivity index (χ0v) is 10.7. The molecule has 0 aromatic rings. The van der Waals surface area contributed by atoms with Gasteiger partial charge in [-0.1, -0.05) is 51.9 Å². The Morgan fingerprint density at radius 3 is 2.38 bits per heavy atom. The fourth-order valence-electron chi connectivity index (χ4n) is 1.98. The van der Waals surface area contributed by atoms with Crippen LogP contribution in [0.1, 0.15) is 58.3 Å². The maximum atomic E-state index is 4.30. The number of aliphatic imine (C=N–C) groups is 1. The van der Waals surface area contributed by atoms with Gasteiger partial charge in [0, 0.05) is 13.1 Å². The highest BCUT2D eigenvalue weighted by molar-refractivity contribution is 5.81. The third kappa shape index (κ3) is 6.70. The van der Waals surface area contributed by atoms with Crippen LogP contribution < -0.4 is 10.6 Å². The molecule has 3 nitrogen and oxygen atoms in total. The molecule has 1 aliphatic heterocycles. The highest BCUT2D eigenvalue weighted by atomic mass is 15.2. The summed E-state index contributed by atoms with van der Waals surface area (Å²) in [6.07, 6.45) is 11.0. The van der Waals surface area contributed by atoms with Gasteiger partial charge in [-0.2, -0.15) is 0 Å². The maximum absolute atomic E-state index is 4.30. The molecule has 0 fully saturated rings. The molecule has 0 aromatic heterocycles. The number of hydrogen-bond donors (Lipinski definition) is 2. The van der Waals surface area contributed by atoms with Crippen LogP contribution in [0.15, 0.2) is 4.99 Å². The van der Waals surface area contributed by atoms with Crippen LogP contribution in [0.4, 0.5) is 0 Å². The molecule has 0 bridgehead atoms. The molecule has 2 N–H and O–H groups in total. The molecule has 0 saturated carbocycles. The molecular weight excluding hydrogens is 198 g/mol. The molecule has 16 heavy (non-hydrogen) atoms. The third-order valence-corrected chi connectivity index (χ3v) is 3.00. The lowest BCUT2D eigenvalue weighted by Gasteiger charge is -2.06. The molecule has 3 heteroatoms. The number of nitrogens with one attached hydrogen (secondary N) is 2. The van der Waals surface area contributed by atoms with Gasteiger partial charge in [0.15, 0.2) is 5.96 Å². The lowest BCUT2D eigenvalue weighted by atomic mass is 10.1. The second-order valence-corrected chi connectivity index (χ2v) is 4.56. The highest BCUT2D eigenvalue weighted by Crippen LogP contribution is 2.07. The zero-order chi connectivity index (χ0) is 11.5. The SMILES string of the molecule is CCCCCCCCCCNC1=NCCN1. The van der Waals surface area contributed by atoms with Crippen molar-refractivity contribution in [3.63, 3.8) is 0 Å². The van der Waals surface area contributed by atoms with Gasteiger partial charge >= 0.3 is 0 Å². The Labute approximate surface area is 100 Å². The smallest absolute Gasteiger partial charge is 0.191 e.